The zero-order valence-electron chi connectivity index (χ0n) is 35.3. The van der Waals surface area contributed by atoms with Crippen molar-refractivity contribution in [3.05, 3.63) is 107 Å². The second-order valence-electron chi connectivity index (χ2n) is 17.3. The molecule has 2 N–H and O–H groups in total. The fourth-order valence-electron chi connectivity index (χ4n) is 8.48. The van der Waals surface area contributed by atoms with Crippen LogP contribution < -0.4 is 0 Å². The summed E-state index contributed by atoms with van der Waals surface area (Å²) in [6.45, 7) is 7.21. The Bertz CT molecular complexity index is 2810. The van der Waals surface area contributed by atoms with E-state index in [4.69, 9.17) is 8.83 Å². The number of nitrogens with zero attached hydrogens (tertiary/aromatic N) is 6. The molecule has 4 aromatic carbocycles. The second-order valence-corrected chi connectivity index (χ2v) is 17.3. The first-order valence-electron chi connectivity index (χ1n) is 21.2. The summed E-state index contributed by atoms with van der Waals surface area (Å²) in [5, 5.41) is 20.3. The Morgan fingerprint density at radius 2 is 1.12 bits per heavy atom. The number of halogens is 3. The van der Waals surface area contributed by atoms with E-state index in [0.29, 0.717) is 78.0 Å². The van der Waals surface area contributed by atoms with Crippen molar-refractivity contribution in [2.75, 3.05) is 32.7 Å². The van der Waals surface area contributed by atoms with Crippen LogP contribution in [0.25, 0.3) is 45.1 Å². The average Bonchev–Trinajstić information content (AvgIpc) is 4.11. The van der Waals surface area contributed by atoms with Crippen molar-refractivity contribution in [2.45, 2.75) is 75.8 Å². The minimum absolute atomic E-state index is 0.0938. The molecule has 2 aliphatic heterocycles. The summed E-state index contributed by atoms with van der Waals surface area (Å²) in [5.41, 5.74) is 0.612. The van der Waals surface area contributed by atoms with Crippen LogP contribution in [0.15, 0.2) is 87.7 Å². The fourth-order valence-corrected chi connectivity index (χ4v) is 8.48. The predicted octanol–water partition coefficient (Wildman–Crippen LogP) is 6.19. The summed E-state index contributed by atoms with van der Waals surface area (Å²) >= 11 is 0. The van der Waals surface area contributed by atoms with Crippen LogP contribution >= 0.6 is 0 Å². The van der Waals surface area contributed by atoms with E-state index >= 15 is 0 Å². The number of benzene rings is 4. The number of oxazole rings is 2. The number of hydrogen-bond acceptors (Lipinski definition) is 10. The molecule has 3 atom stereocenters. The second kappa shape index (κ2) is 16.2. The van der Waals surface area contributed by atoms with Crippen molar-refractivity contribution in [1.82, 2.24) is 29.6 Å². The van der Waals surface area contributed by atoms with Gasteiger partial charge in [-0.15, -0.1) is 0 Å². The molecule has 64 heavy (non-hydrogen) atoms. The van der Waals surface area contributed by atoms with E-state index in [2.05, 4.69) is 9.97 Å². The SMILES string of the molecule is C[C@@H]1CN(C(=O)c2ccc(-c3nc4ccc(F)cc4o3)cc2)C[C@H](C)N1C(=O)C1(O)CC1.C[C@H]1CN(C(=O)c2ccc(-c3nc4ccc(F)cc4o3)cc2F)CCN1C(=O)C1(O)CC1. The van der Waals surface area contributed by atoms with E-state index < -0.39 is 34.6 Å². The molecule has 14 nitrogen and oxygen atoms in total. The molecule has 4 heterocycles. The highest BCUT2D eigenvalue weighted by Gasteiger charge is 2.53. The molecule has 10 rings (SSSR count). The van der Waals surface area contributed by atoms with Gasteiger partial charge >= 0.3 is 0 Å². The highest BCUT2D eigenvalue weighted by atomic mass is 19.1. The Morgan fingerprint density at radius 1 is 0.609 bits per heavy atom. The summed E-state index contributed by atoms with van der Waals surface area (Å²) in [6, 6.07) is 18.5. The molecule has 4 amide bonds. The Balaban J connectivity index is 0.000000162. The molecule has 0 radical (unpaired) electrons. The van der Waals surface area contributed by atoms with Gasteiger partial charge in [-0.3, -0.25) is 19.2 Å². The maximum atomic E-state index is 14.9. The van der Waals surface area contributed by atoms with Crippen molar-refractivity contribution in [1.29, 1.82) is 0 Å². The van der Waals surface area contributed by atoms with Crippen molar-refractivity contribution in [3.63, 3.8) is 0 Å². The third kappa shape index (κ3) is 8.20. The average molecular weight is 879 g/mol. The minimum Gasteiger partial charge on any atom is -0.436 e. The van der Waals surface area contributed by atoms with Gasteiger partial charge in [0.1, 0.15) is 39.7 Å². The molecular weight excluding hydrogens is 834 g/mol. The first-order chi connectivity index (χ1) is 30.5. The number of hydrogen-bond donors (Lipinski definition) is 2. The highest BCUT2D eigenvalue weighted by molar-refractivity contribution is 5.96. The lowest BCUT2D eigenvalue weighted by molar-refractivity contribution is -0.150. The van der Waals surface area contributed by atoms with Crippen molar-refractivity contribution in [3.8, 4) is 22.9 Å². The van der Waals surface area contributed by atoms with Crippen LogP contribution in [0.1, 0.15) is 67.2 Å². The largest absolute Gasteiger partial charge is 0.436 e. The maximum absolute atomic E-state index is 14.9. The molecular formula is C47H45F3N6O8. The number of carbonyl (C=O) groups excluding carboxylic acids is 4. The minimum atomic E-state index is -1.25. The Labute approximate surface area is 364 Å². The van der Waals surface area contributed by atoms with Gasteiger partial charge < -0.3 is 38.6 Å². The fraction of sp³-hybridized carbons (Fsp3) is 0.362. The zero-order valence-corrected chi connectivity index (χ0v) is 35.3. The molecule has 0 bridgehead atoms. The van der Waals surface area contributed by atoms with Crippen molar-refractivity contribution >= 4 is 45.8 Å². The van der Waals surface area contributed by atoms with Gasteiger partial charge in [0.25, 0.3) is 23.6 Å². The normalized spacial score (nSPS) is 21.1. The molecule has 2 aliphatic carbocycles. The van der Waals surface area contributed by atoms with Crippen LogP contribution in [0.4, 0.5) is 13.2 Å². The molecule has 0 spiro atoms. The summed E-state index contributed by atoms with van der Waals surface area (Å²) in [5.74, 6) is -2.21. The number of aliphatic hydroxyl groups is 2. The lowest BCUT2D eigenvalue weighted by atomic mass is 10.0. The number of aromatic nitrogens is 2. The molecule has 4 aliphatic rings. The Kier molecular flexibility index (Phi) is 10.8. The smallest absolute Gasteiger partial charge is 0.256 e. The van der Waals surface area contributed by atoms with E-state index in [1.165, 1.54) is 53.4 Å². The van der Waals surface area contributed by atoms with Gasteiger partial charge in [0, 0.05) is 79.7 Å². The van der Waals surface area contributed by atoms with Gasteiger partial charge in [-0.1, -0.05) is 0 Å². The van der Waals surface area contributed by atoms with Crippen LogP contribution in [-0.2, 0) is 9.59 Å². The summed E-state index contributed by atoms with van der Waals surface area (Å²) in [4.78, 5) is 66.3. The van der Waals surface area contributed by atoms with Crippen molar-refractivity contribution < 1.29 is 51.4 Å². The van der Waals surface area contributed by atoms with Crippen molar-refractivity contribution in [2.24, 2.45) is 0 Å². The lowest BCUT2D eigenvalue weighted by Gasteiger charge is -2.45. The predicted molar refractivity (Wildman–Crippen MR) is 226 cm³/mol. The van der Waals surface area contributed by atoms with Gasteiger partial charge in [0.15, 0.2) is 11.2 Å². The molecule has 4 fully saturated rings. The monoisotopic (exact) mass is 878 g/mol. The maximum Gasteiger partial charge on any atom is 0.256 e. The van der Waals surface area contributed by atoms with Gasteiger partial charge in [0.05, 0.1) is 5.56 Å². The molecule has 2 aromatic heterocycles. The molecule has 0 unspecified atom stereocenters. The number of fused-ring (bicyclic) bond motifs is 2. The zero-order chi connectivity index (χ0) is 45.2. The Morgan fingerprint density at radius 3 is 1.66 bits per heavy atom. The number of rotatable bonds is 6. The topological polar surface area (TPSA) is 174 Å². The number of amides is 4. The standard InChI is InChI=1S/C24H24FN3O4.C23H21F2N3O4/c1-14-12-27(13-15(2)28(14)23(30)24(31)9-10-24)22(29)17-5-3-16(4-6-17)21-26-19-8-7-18(25)11-20(19)32-21;1-13-12-27(8-9-28(13)22(30)23(31)6-7-23)21(29)16-4-2-14(10-17(16)25)20-26-18-5-3-15(24)11-19(18)32-20/h3-8,11,14-15,31H,9-10,12-13H2,1-2H3;2-5,10-11,13,31H,6-9,12H2,1H3/t14-,15+;13-/m.0/s1. The van der Waals surface area contributed by atoms with Gasteiger partial charge in [-0.2, -0.15) is 0 Å². The van der Waals surface area contributed by atoms with Crippen LogP contribution in [0, 0.1) is 17.5 Å². The van der Waals surface area contributed by atoms with E-state index in [1.54, 1.807) is 52.0 Å². The van der Waals surface area contributed by atoms with Crippen LogP contribution in [-0.4, -0.2) is 125 Å². The molecule has 2 saturated heterocycles. The first-order valence-corrected chi connectivity index (χ1v) is 21.2. The highest BCUT2D eigenvalue weighted by Crippen LogP contribution is 2.39. The van der Waals surface area contributed by atoms with Gasteiger partial charge in [-0.25, -0.2) is 23.1 Å². The quantitative estimate of drug-likeness (QED) is 0.197. The van der Waals surface area contributed by atoms with E-state index in [-0.39, 0.29) is 72.5 Å². The van der Waals surface area contributed by atoms with Crippen LogP contribution in [0.5, 0.6) is 0 Å². The first kappa shape index (κ1) is 42.7. The Hall–Kier alpha value is -6.59. The van der Waals surface area contributed by atoms with E-state index in [9.17, 15) is 42.6 Å². The third-order valence-electron chi connectivity index (χ3n) is 12.4. The van der Waals surface area contributed by atoms with E-state index in [1.807, 2.05) is 13.8 Å². The number of carbonyl (C=O) groups is 4. The summed E-state index contributed by atoms with van der Waals surface area (Å²) in [6.07, 6.45) is 1.94. The van der Waals surface area contributed by atoms with E-state index in [0.717, 1.165) is 0 Å². The molecule has 2 saturated carbocycles. The lowest BCUT2D eigenvalue weighted by Crippen LogP contribution is -2.62. The molecule has 332 valence electrons. The van der Waals surface area contributed by atoms with Crippen LogP contribution in [0.3, 0.4) is 0 Å². The van der Waals surface area contributed by atoms with Gasteiger partial charge in [-0.05, 0) is 113 Å². The molecule has 17 heteroatoms. The summed E-state index contributed by atoms with van der Waals surface area (Å²) in [7, 11) is 0. The van der Waals surface area contributed by atoms with Crippen LogP contribution in [0.2, 0.25) is 0 Å². The molecule has 6 aromatic rings. The van der Waals surface area contributed by atoms with Gasteiger partial charge in [0.2, 0.25) is 11.8 Å². The summed E-state index contributed by atoms with van der Waals surface area (Å²) < 4.78 is 52.8. The third-order valence-corrected chi connectivity index (χ3v) is 12.4. The number of piperazine rings is 2.